The summed E-state index contributed by atoms with van der Waals surface area (Å²) in [5.74, 6) is 0. The number of nitrogens with two attached hydrogens (primary N) is 1. The van der Waals surface area contributed by atoms with Crippen molar-refractivity contribution in [2.75, 3.05) is 5.73 Å². The smallest absolute Gasteiger partial charge is 0.0736 e. The van der Waals surface area contributed by atoms with E-state index in [1.165, 1.54) is 11.1 Å². The van der Waals surface area contributed by atoms with Gasteiger partial charge in [0.05, 0.1) is 17.6 Å². The van der Waals surface area contributed by atoms with Crippen LogP contribution in [0.1, 0.15) is 16.8 Å². The van der Waals surface area contributed by atoms with Crippen molar-refractivity contribution in [1.82, 2.24) is 9.78 Å². The van der Waals surface area contributed by atoms with Gasteiger partial charge in [0, 0.05) is 13.5 Å². The number of benzene rings is 1. The minimum absolute atomic E-state index is 0.762. The van der Waals surface area contributed by atoms with Crippen LogP contribution in [-0.4, -0.2) is 9.78 Å². The van der Waals surface area contributed by atoms with Crippen molar-refractivity contribution in [2.24, 2.45) is 7.05 Å². The first kappa shape index (κ1) is 9.77. The highest BCUT2D eigenvalue weighted by atomic mass is 15.3. The minimum Gasteiger partial charge on any atom is -0.396 e. The monoisotopic (exact) mass is 201 g/mol. The fourth-order valence-corrected chi connectivity index (χ4v) is 1.60. The van der Waals surface area contributed by atoms with Crippen LogP contribution >= 0.6 is 0 Å². The summed E-state index contributed by atoms with van der Waals surface area (Å²) in [6.07, 6.45) is 2.53. The molecule has 15 heavy (non-hydrogen) atoms. The molecule has 2 N–H and O–H groups in total. The van der Waals surface area contributed by atoms with Crippen molar-refractivity contribution >= 4 is 5.69 Å². The van der Waals surface area contributed by atoms with Crippen LogP contribution in [0, 0.1) is 6.92 Å². The molecule has 0 unspecified atom stereocenters. The molecule has 0 aliphatic carbocycles. The topological polar surface area (TPSA) is 43.8 Å². The van der Waals surface area contributed by atoms with Gasteiger partial charge >= 0.3 is 0 Å². The molecule has 3 heteroatoms. The first-order valence-electron chi connectivity index (χ1n) is 4.98. The molecule has 1 heterocycles. The van der Waals surface area contributed by atoms with E-state index in [0.717, 1.165) is 17.8 Å². The molecule has 0 atom stereocenters. The molecular formula is C12H15N3. The Morgan fingerprint density at radius 3 is 2.47 bits per heavy atom. The van der Waals surface area contributed by atoms with E-state index in [4.69, 9.17) is 5.73 Å². The van der Waals surface area contributed by atoms with E-state index in [1.54, 1.807) is 6.20 Å². The zero-order valence-electron chi connectivity index (χ0n) is 9.07. The quantitative estimate of drug-likeness (QED) is 0.806. The molecule has 3 nitrogen and oxygen atoms in total. The van der Waals surface area contributed by atoms with Crippen molar-refractivity contribution in [1.29, 1.82) is 0 Å². The predicted octanol–water partition coefficient (Wildman–Crippen LogP) is 1.90. The van der Waals surface area contributed by atoms with Crippen LogP contribution in [0.3, 0.4) is 0 Å². The second-order valence-electron chi connectivity index (χ2n) is 3.83. The Morgan fingerprint density at radius 1 is 1.27 bits per heavy atom. The number of nitrogen functional groups attached to an aromatic ring is 1. The summed E-state index contributed by atoms with van der Waals surface area (Å²) in [5.41, 5.74) is 10.2. The zero-order valence-corrected chi connectivity index (χ0v) is 9.07. The van der Waals surface area contributed by atoms with E-state index in [0.29, 0.717) is 0 Å². The molecule has 0 amide bonds. The summed E-state index contributed by atoms with van der Waals surface area (Å²) in [6.45, 7) is 2.09. The lowest BCUT2D eigenvalue weighted by molar-refractivity contribution is 0.725. The second kappa shape index (κ2) is 3.77. The highest BCUT2D eigenvalue weighted by Crippen LogP contribution is 2.15. The molecule has 2 rings (SSSR count). The van der Waals surface area contributed by atoms with Gasteiger partial charge in [0.15, 0.2) is 0 Å². The van der Waals surface area contributed by atoms with E-state index < -0.39 is 0 Å². The maximum Gasteiger partial charge on any atom is 0.0736 e. The Morgan fingerprint density at radius 2 is 1.93 bits per heavy atom. The van der Waals surface area contributed by atoms with Gasteiger partial charge in [-0.3, -0.25) is 4.68 Å². The van der Waals surface area contributed by atoms with Gasteiger partial charge in [-0.1, -0.05) is 29.8 Å². The molecule has 1 aromatic heterocycles. The summed E-state index contributed by atoms with van der Waals surface area (Å²) in [7, 11) is 1.92. The summed E-state index contributed by atoms with van der Waals surface area (Å²) in [5, 5.41) is 4.12. The third kappa shape index (κ3) is 2.01. The van der Waals surface area contributed by atoms with Gasteiger partial charge in [-0.2, -0.15) is 5.10 Å². The van der Waals surface area contributed by atoms with Gasteiger partial charge in [0.2, 0.25) is 0 Å². The van der Waals surface area contributed by atoms with Crippen LogP contribution in [0.2, 0.25) is 0 Å². The molecule has 0 saturated heterocycles. The normalized spacial score (nSPS) is 10.5. The summed E-state index contributed by atoms with van der Waals surface area (Å²) < 4.78 is 1.83. The van der Waals surface area contributed by atoms with Gasteiger partial charge in [-0.05, 0) is 12.5 Å². The molecule has 1 aromatic carbocycles. The number of hydrogen-bond donors (Lipinski definition) is 1. The van der Waals surface area contributed by atoms with E-state index in [1.807, 2.05) is 11.7 Å². The third-order valence-corrected chi connectivity index (χ3v) is 2.59. The average molecular weight is 201 g/mol. The summed E-state index contributed by atoms with van der Waals surface area (Å²) in [4.78, 5) is 0. The first-order chi connectivity index (χ1) is 7.16. The maximum absolute atomic E-state index is 5.84. The van der Waals surface area contributed by atoms with Crippen LogP contribution < -0.4 is 5.73 Å². The van der Waals surface area contributed by atoms with Crippen LogP contribution in [-0.2, 0) is 13.5 Å². The first-order valence-corrected chi connectivity index (χ1v) is 4.98. The Balaban J connectivity index is 2.25. The zero-order chi connectivity index (χ0) is 10.8. The number of aromatic nitrogens is 2. The fourth-order valence-electron chi connectivity index (χ4n) is 1.60. The Hall–Kier alpha value is -1.77. The largest absolute Gasteiger partial charge is 0.396 e. The molecule has 0 bridgehead atoms. The summed E-state index contributed by atoms with van der Waals surface area (Å²) in [6, 6.07) is 8.48. The van der Waals surface area contributed by atoms with Gasteiger partial charge < -0.3 is 5.73 Å². The Kier molecular flexibility index (Phi) is 2.46. The molecule has 0 aliphatic rings. The highest BCUT2D eigenvalue weighted by Gasteiger charge is 2.05. The van der Waals surface area contributed by atoms with Crippen molar-refractivity contribution in [2.45, 2.75) is 13.3 Å². The van der Waals surface area contributed by atoms with Crippen molar-refractivity contribution in [3.05, 3.63) is 47.3 Å². The molecule has 0 aliphatic heterocycles. The predicted molar refractivity (Wildman–Crippen MR) is 61.6 cm³/mol. The molecule has 0 fully saturated rings. The van der Waals surface area contributed by atoms with Crippen molar-refractivity contribution in [3.63, 3.8) is 0 Å². The minimum atomic E-state index is 0.762. The lowest BCUT2D eigenvalue weighted by Crippen LogP contribution is -2.01. The molecule has 2 aromatic rings. The van der Waals surface area contributed by atoms with Gasteiger partial charge in [-0.25, -0.2) is 0 Å². The van der Waals surface area contributed by atoms with E-state index in [2.05, 4.69) is 36.3 Å². The SMILES string of the molecule is Cc1ccc(Cc2c(N)cnn2C)cc1. The Bertz CT molecular complexity index is 435. The van der Waals surface area contributed by atoms with E-state index >= 15 is 0 Å². The van der Waals surface area contributed by atoms with Crippen molar-refractivity contribution < 1.29 is 0 Å². The number of hydrogen-bond acceptors (Lipinski definition) is 2. The third-order valence-electron chi connectivity index (χ3n) is 2.59. The fraction of sp³-hybridized carbons (Fsp3) is 0.250. The standard InChI is InChI=1S/C12H15N3/c1-9-3-5-10(6-4-9)7-12-11(13)8-14-15(12)2/h3-6,8H,7,13H2,1-2H3. The number of anilines is 1. The van der Waals surface area contributed by atoms with E-state index in [-0.39, 0.29) is 0 Å². The van der Waals surface area contributed by atoms with Crippen molar-refractivity contribution in [3.8, 4) is 0 Å². The number of rotatable bonds is 2. The van der Waals surface area contributed by atoms with Gasteiger partial charge in [-0.15, -0.1) is 0 Å². The number of nitrogens with zero attached hydrogens (tertiary/aromatic N) is 2. The van der Waals surface area contributed by atoms with Crippen LogP contribution in [0.5, 0.6) is 0 Å². The van der Waals surface area contributed by atoms with E-state index in [9.17, 15) is 0 Å². The van der Waals surface area contributed by atoms with Crippen LogP contribution in [0.15, 0.2) is 30.5 Å². The number of aryl methyl sites for hydroxylation is 2. The summed E-state index contributed by atoms with van der Waals surface area (Å²) >= 11 is 0. The molecule has 78 valence electrons. The molecule has 0 saturated carbocycles. The molecular weight excluding hydrogens is 186 g/mol. The van der Waals surface area contributed by atoms with Crippen LogP contribution in [0.25, 0.3) is 0 Å². The molecule has 0 radical (unpaired) electrons. The lowest BCUT2D eigenvalue weighted by atomic mass is 10.1. The average Bonchev–Trinajstić information content (AvgIpc) is 2.53. The lowest BCUT2D eigenvalue weighted by Gasteiger charge is -2.04. The molecule has 0 spiro atoms. The Labute approximate surface area is 89.5 Å². The van der Waals surface area contributed by atoms with Crippen LogP contribution in [0.4, 0.5) is 5.69 Å². The van der Waals surface area contributed by atoms with Gasteiger partial charge in [0.25, 0.3) is 0 Å². The second-order valence-corrected chi connectivity index (χ2v) is 3.83. The highest BCUT2D eigenvalue weighted by molar-refractivity contribution is 5.43. The maximum atomic E-state index is 5.84. The van der Waals surface area contributed by atoms with Gasteiger partial charge in [0.1, 0.15) is 0 Å².